The minimum absolute atomic E-state index is 1.00. The van der Waals surface area contributed by atoms with Crippen molar-refractivity contribution < 1.29 is 35.5 Å². The van der Waals surface area contributed by atoms with Crippen molar-refractivity contribution in [3.05, 3.63) is 0 Å². The zero-order valence-electron chi connectivity index (χ0n) is 4.12. The summed E-state index contributed by atoms with van der Waals surface area (Å²) in [6.07, 6.45) is 0. The monoisotopic (exact) mass is 280 g/mol. The molecule has 0 aliphatic rings. The molecule has 0 saturated carbocycles. The molecule has 0 fully saturated rings. The van der Waals surface area contributed by atoms with Crippen LogP contribution in [0.15, 0.2) is 0 Å². The van der Waals surface area contributed by atoms with Gasteiger partial charge in [0.2, 0.25) is 0 Å². The average Bonchev–Trinajstić information content (AvgIpc) is 1.78. The van der Waals surface area contributed by atoms with E-state index in [9.17, 15) is 0 Å². The third kappa shape index (κ3) is 2530. The van der Waals surface area contributed by atoms with Gasteiger partial charge in [-0.05, 0) is 0 Å². The first-order chi connectivity index (χ1) is 3.41. The molecule has 0 atom stereocenters. The van der Waals surface area contributed by atoms with Crippen LogP contribution in [0.2, 0.25) is 0 Å². The van der Waals surface area contributed by atoms with Crippen molar-refractivity contribution in [1.82, 2.24) is 0 Å². The molecule has 0 aromatic carbocycles. The number of hydrogen-bond donors (Lipinski definition) is 2. The van der Waals surface area contributed by atoms with Crippen LogP contribution >= 0.6 is 0 Å². The molecule has 0 spiro atoms. The second kappa shape index (κ2) is 115. The maximum atomic E-state index is 8.54. The van der Waals surface area contributed by atoms with Crippen molar-refractivity contribution in [2.45, 2.75) is 0 Å². The van der Waals surface area contributed by atoms with Gasteiger partial charge in [-0.25, -0.2) is 0 Å². The molecule has 0 aromatic rings. The zero-order chi connectivity index (χ0) is 6.71. The molecule has 0 bridgehead atoms. The molecule has 0 saturated heterocycles. The Morgan fingerprint density at radius 3 is 1.00 bits per heavy atom. The van der Waals surface area contributed by atoms with Gasteiger partial charge in [-0.15, -0.1) is 0 Å². The van der Waals surface area contributed by atoms with Crippen molar-refractivity contribution in [2.75, 3.05) is 14.2 Å². The Hall–Kier alpha value is 0.208. The van der Waals surface area contributed by atoms with E-state index in [4.69, 9.17) is 17.0 Å². The van der Waals surface area contributed by atoms with Crippen LogP contribution < -0.4 is 0 Å². The first kappa shape index (κ1) is 15.7. The maximum absolute atomic E-state index is 8.54. The Morgan fingerprint density at radius 1 is 1.00 bits per heavy atom. The molecule has 2 N–H and O–H groups in total. The van der Waals surface area contributed by atoms with E-state index in [1.54, 1.807) is 0 Å². The summed E-state index contributed by atoms with van der Waals surface area (Å²) in [5, 5.41) is 14.0. The number of hydrogen-bond acceptors (Lipinski definition) is 4. The van der Waals surface area contributed by atoms with Crippen molar-refractivity contribution in [3.63, 3.8) is 0 Å². The third-order valence-corrected chi connectivity index (χ3v) is 0. The van der Waals surface area contributed by atoms with Crippen LogP contribution in [0.25, 0.3) is 0 Å². The second-order valence-electron chi connectivity index (χ2n) is 0.0680. The summed E-state index contributed by atoms with van der Waals surface area (Å²) in [4.78, 5) is 0. The molecule has 0 unspecified atom stereocenters. The number of aliphatic hydroxyl groups excluding tert-OH is 2. The molecule has 0 amide bonds. The van der Waals surface area contributed by atoms with Crippen molar-refractivity contribution in [3.8, 4) is 0 Å². The van der Waals surface area contributed by atoms with Crippen LogP contribution in [0.4, 0.5) is 0 Å². The summed E-state index contributed by atoms with van der Waals surface area (Å²) < 4.78 is 17.1. The van der Waals surface area contributed by atoms with Crippen molar-refractivity contribution in [1.29, 1.82) is 0 Å². The summed E-state index contributed by atoms with van der Waals surface area (Å²) in [6, 6.07) is 0. The third-order valence-electron chi connectivity index (χ3n) is 0. The van der Waals surface area contributed by atoms with Gasteiger partial charge in [-0.2, -0.15) is 0 Å². The van der Waals surface area contributed by atoms with E-state index in [0.29, 0.717) is 0 Å². The molecule has 4 nitrogen and oxygen atoms in total. The van der Waals surface area contributed by atoms with Crippen LogP contribution in [0, 0.1) is 0 Å². The number of aliphatic hydroxyl groups is 2. The van der Waals surface area contributed by atoms with E-state index in [0.717, 1.165) is 14.2 Å². The molecule has 46 valence electrons. The SMILES string of the molecule is CO.CO.[O]=[W]=[O]. The first-order valence-corrected chi connectivity index (χ1v) is 3.62. The normalized spacial score (nSPS) is 3.43. The van der Waals surface area contributed by atoms with Gasteiger partial charge in [0, 0.05) is 14.2 Å². The van der Waals surface area contributed by atoms with Gasteiger partial charge in [0.05, 0.1) is 0 Å². The second-order valence-corrected chi connectivity index (χ2v) is 0.557. The predicted molar refractivity (Wildman–Crippen MR) is 17.7 cm³/mol. The van der Waals surface area contributed by atoms with E-state index in [-0.39, 0.29) is 0 Å². The van der Waals surface area contributed by atoms with E-state index in [1.807, 2.05) is 0 Å². The van der Waals surface area contributed by atoms with Gasteiger partial charge in [-0.1, -0.05) is 0 Å². The van der Waals surface area contributed by atoms with Gasteiger partial charge in [0.1, 0.15) is 0 Å². The summed E-state index contributed by atoms with van der Waals surface area (Å²) in [6.45, 7) is 0. The Kier molecular flexibility index (Phi) is 259. The zero-order valence-corrected chi connectivity index (χ0v) is 7.05. The fraction of sp³-hybridized carbons (Fsp3) is 1.00. The molecule has 0 aliphatic carbocycles. The predicted octanol–water partition coefficient (Wildman–Crippen LogP) is -1.02. The van der Waals surface area contributed by atoms with Crippen LogP contribution in [0.1, 0.15) is 0 Å². The van der Waals surface area contributed by atoms with Gasteiger partial charge < -0.3 is 10.2 Å². The Labute approximate surface area is 50.3 Å². The molecular formula is C2H8O4W. The van der Waals surface area contributed by atoms with Gasteiger partial charge in [0.15, 0.2) is 0 Å². The van der Waals surface area contributed by atoms with E-state index in [1.165, 1.54) is 0 Å². The van der Waals surface area contributed by atoms with Crippen molar-refractivity contribution >= 4 is 0 Å². The molecule has 0 aliphatic heterocycles. The van der Waals surface area contributed by atoms with Crippen LogP contribution in [0.5, 0.6) is 0 Å². The molecule has 0 radical (unpaired) electrons. The minimum atomic E-state index is -2.25. The molecule has 7 heavy (non-hydrogen) atoms. The van der Waals surface area contributed by atoms with Gasteiger partial charge in [-0.3, -0.25) is 0 Å². The molecule has 5 heteroatoms. The summed E-state index contributed by atoms with van der Waals surface area (Å²) in [5.74, 6) is 0. The first-order valence-electron chi connectivity index (χ1n) is 1.23. The summed E-state index contributed by atoms with van der Waals surface area (Å²) >= 11 is -2.25. The summed E-state index contributed by atoms with van der Waals surface area (Å²) in [5.41, 5.74) is 0. The molecule has 0 heterocycles. The quantitative estimate of drug-likeness (QED) is 0.595. The molecule has 0 aromatic heterocycles. The Morgan fingerprint density at radius 2 is 1.00 bits per heavy atom. The summed E-state index contributed by atoms with van der Waals surface area (Å²) in [7, 11) is 2.00. The van der Waals surface area contributed by atoms with Crippen molar-refractivity contribution in [2.24, 2.45) is 0 Å². The fourth-order valence-corrected chi connectivity index (χ4v) is 0. The van der Waals surface area contributed by atoms with E-state index in [2.05, 4.69) is 0 Å². The van der Waals surface area contributed by atoms with Gasteiger partial charge >= 0.3 is 25.3 Å². The van der Waals surface area contributed by atoms with E-state index >= 15 is 0 Å². The topological polar surface area (TPSA) is 74.6 Å². The Balaban J connectivity index is -0.0000000360. The number of rotatable bonds is 0. The standard InChI is InChI=1S/2CH4O.2O.W/c2*1-2;;;/h2*2H,1H3;;;. The van der Waals surface area contributed by atoms with Gasteiger partial charge in [0.25, 0.3) is 0 Å². The Bertz CT molecular complexity index is 30.7. The van der Waals surface area contributed by atoms with E-state index < -0.39 is 18.5 Å². The van der Waals surface area contributed by atoms with Crippen LogP contribution in [-0.4, -0.2) is 24.4 Å². The van der Waals surface area contributed by atoms with Crippen LogP contribution in [-0.2, 0) is 25.3 Å². The van der Waals surface area contributed by atoms with Crippen LogP contribution in [0.3, 0.4) is 0 Å². The molecular weight excluding hydrogens is 272 g/mol. The average molecular weight is 280 g/mol. The molecule has 0 rings (SSSR count). The fourth-order valence-electron chi connectivity index (χ4n) is 0.